The van der Waals surface area contributed by atoms with E-state index in [2.05, 4.69) is 0 Å². The van der Waals surface area contributed by atoms with Gasteiger partial charge in [0.2, 0.25) is 11.5 Å². The lowest BCUT2D eigenvalue weighted by Gasteiger charge is -2.37. The Kier molecular flexibility index (Phi) is 5.46. The van der Waals surface area contributed by atoms with Gasteiger partial charge in [0.05, 0.1) is 23.7 Å². The predicted octanol–water partition coefficient (Wildman–Crippen LogP) is 4.91. The van der Waals surface area contributed by atoms with Crippen LogP contribution in [0, 0.1) is 5.92 Å². The Labute approximate surface area is 163 Å². The molecule has 3 atom stereocenters. The Hall–Kier alpha value is -2.30. The van der Waals surface area contributed by atoms with Crippen LogP contribution in [-0.4, -0.2) is 18.0 Å². The molecular formula is C22H21ClO4. The van der Waals surface area contributed by atoms with E-state index in [1.807, 2.05) is 42.5 Å². The summed E-state index contributed by atoms with van der Waals surface area (Å²) in [6.45, 7) is 0.577. The molecule has 2 aromatic rings. The maximum atomic E-state index is 12.8. The molecule has 3 unspecified atom stereocenters. The molecule has 1 aliphatic carbocycles. The molecule has 0 spiro atoms. The first-order valence-corrected chi connectivity index (χ1v) is 9.56. The molecule has 0 saturated heterocycles. The van der Waals surface area contributed by atoms with E-state index in [1.165, 1.54) is 6.26 Å². The molecule has 1 saturated carbocycles. The van der Waals surface area contributed by atoms with E-state index < -0.39 is 0 Å². The molecular weight excluding hydrogens is 364 g/mol. The molecule has 0 N–H and O–H groups in total. The van der Waals surface area contributed by atoms with E-state index in [0.29, 0.717) is 23.8 Å². The summed E-state index contributed by atoms with van der Waals surface area (Å²) in [6.07, 6.45) is 3.63. The average Bonchev–Trinajstić information content (AvgIpc) is 2.71. The zero-order valence-corrected chi connectivity index (χ0v) is 15.6. The molecule has 27 heavy (non-hydrogen) atoms. The highest BCUT2D eigenvalue weighted by molar-refractivity contribution is 6.32. The molecule has 0 amide bonds. The predicted molar refractivity (Wildman–Crippen MR) is 102 cm³/mol. The number of carbonyl (C=O) groups excluding carboxylic acids is 1. The summed E-state index contributed by atoms with van der Waals surface area (Å²) in [4.78, 5) is 12.8. The van der Waals surface area contributed by atoms with E-state index in [4.69, 9.17) is 25.8 Å². The number of Topliss-reactive ketones (excluding diaryl/α,β-unsaturated/α-hetero) is 1. The van der Waals surface area contributed by atoms with Crippen molar-refractivity contribution in [1.29, 1.82) is 0 Å². The largest absolute Gasteiger partial charge is 0.493 e. The molecule has 2 aromatic carbocycles. The van der Waals surface area contributed by atoms with Crippen molar-refractivity contribution in [3.63, 3.8) is 0 Å². The number of hydrogen-bond donors (Lipinski definition) is 0. The molecule has 4 nitrogen and oxygen atoms in total. The maximum absolute atomic E-state index is 12.8. The van der Waals surface area contributed by atoms with Gasteiger partial charge in [0, 0.05) is 6.42 Å². The summed E-state index contributed by atoms with van der Waals surface area (Å²) in [7, 11) is 0. The SMILES string of the molecule is O=C1C(Oc2ccccc2Cl)=COC2CC(OCc3ccccc3)CCC12. The van der Waals surface area contributed by atoms with Crippen molar-refractivity contribution in [1.82, 2.24) is 0 Å². The van der Waals surface area contributed by atoms with Crippen LogP contribution >= 0.6 is 11.6 Å². The zero-order chi connectivity index (χ0) is 18.6. The second kappa shape index (κ2) is 8.15. The summed E-state index contributed by atoms with van der Waals surface area (Å²) in [5.74, 6) is 0.463. The number of ketones is 1. The van der Waals surface area contributed by atoms with Crippen LogP contribution in [0.4, 0.5) is 0 Å². The highest BCUT2D eigenvalue weighted by atomic mass is 35.5. The van der Waals surface area contributed by atoms with Crippen LogP contribution in [0.3, 0.4) is 0 Å². The monoisotopic (exact) mass is 384 g/mol. The molecule has 0 bridgehead atoms. The van der Waals surface area contributed by atoms with Gasteiger partial charge in [-0.05, 0) is 30.5 Å². The van der Waals surface area contributed by atoms with Crippen molar-refractivity contribution in [3.05, 3.63) is 77.2 Å². The lowest BCUT2D eigenvalue weighted by atomic mass is 9.80. The lowest BCUT2D eigenvalue weighted by molar-refractivity contribution is -0.134. The maximum Gasteiger partial charge on any atom is 0.208 e. The van der Waals surface area contributed by atoms with Gasteiger partial charge in [-0.15, -0.1) is 0 Å². The van der Waals surface area contributed by atoms with Crippen LogP contribution in [0.15, 0.2) is 66.6 Å². The third-order valence-corrected chi connectivity index (χ3v) is 5.37. The van der Waals surface area contributed by atoms with E-state index >= 15 is 0 Å². The fourth-order valence-electron chi connectivity index (χ4n) is 3.59. The van der Waals surface area contributed by atoms with Gasteiger partial charge in [0.1, 0.15) is 18.1 Å². The summed E-state index contributed by atoms with van der Waals surface area (Å²) < 4.78 is 17.6. The van der Waals surface area contributed by atoms with Gasteiger partial charge in [-0.3, -0.25) is 4.79 Å². The minimum Gasteiger partial charge on any atom is -0.493 e. The van der Waals surface area contributed by atoms with Crippen LogP contribution in [0.25, 0.3) is 0 Å². The summed E-state index contributed by atoms with van der Waals surface area (Å²) in [5.41, 5.74) is 1.15. The fraction of sp³-hybridized carbons (Fsp3) is 0.318. The highest BCUT2D eigenvalue weighted by Gasteiger charge is 2.41. The second-order valence-electron chi connectivity index (χ2n) is 6.89. The van der Waals surface area contributed by atoms with E-state index in [-0.39, 0.29) is 29.7 Å². The van der Waals surface area contributed by atoms with Crippen LogP contribution < -0.4 is 4.74 Å². The number of halogens is 1. The molecule has 4 rings (SSSR count). The van der Waals surface area contributed by atoms with Crippen LogP contribution in [0.5, 0.6) is 5.75 Å². The minimum absolute atomic E-state index is 0.0207. The Morgan fingerprint density at radius 2 is 1.81 bits per heavy atom. The number of benzene rings is 2. The number of fused-ring (bicyclic) bond motifs is 1. The van der Waals surface area contributed by atoms with Gasteiger partial charge in [0.15, 0.2) is 0 Å². The Balaban J connectivity index is 1.37. The zero-order valence-electron chi connectivity index (χ0n) is 14.8. The molecule has 0 radical (unpaired) electrons. The first kappa shape index (κ1) is 18.1. The molecule has 1 aliphatic heterocycles. The van der Waals surface area contributed by atoms with Gasteiger partial charge < -0.3 is 14.2 Å². The third kappa shape index (κ3) is 4.18. The molecule has 2 aliphatic rings. The highest BCUT2D eigenvalue weighted by Crippen LogP contribution is 2.36. The first-order chi connectivity index (χ1) is 13.2. The van der Waals surface area contributed by atoms with Crippen LogP contribution in [0.1, 0.15) is 24.8 Å². The average molecular weight is 385 g/mol. The molecule has 1 heterocycles. The van der Waals surface area contributed by atoms with Gasteiger partial charge in [-0.1, -0.05) is 54.1 Å². The normalized spacial score (nSPS) is 24.6. The molecule has 0 aromatic heterocycles. The van der Waals surface area contributed by atoms with Crippen molar-refractivity contribution in [2.45, 2.75) is 38.1 Å². The van der Waals surface area contributed by atoms with E-state index in [1.54, 1.807) is 12.1 Å². The topological polar surface area (TPSA) is 44.8 Å². The van der Waals surface area contributed by atoms with Crippen molar-refractivity contribution < 1.29 is 19.0 Å². The summed E-state index contributed by atoms with van der Waals surface area (Å²) in [5, 5.41) is 0.464. The minimum atomic E-state index is -0.191. The Morgan fingerprint density at radius 3 is 2.63 bits per heavy atom. The molecule has 140 valence electrons. The quantitative estimate of drug-likeness (QED) is 0.734. The fourth-order valence-corrected chi connectivity index (χ4v) is 3.77. The van der Waals surface area contributed by atoms with Crippen molar-refractivity contribution in [2.24, 2.45) is 5.92 Å². The number of allylic oxidation sites excluding steroid dienone is 1. The van der Waals surface area contributed by atoms with Crippen molar-refractivity contribution in [2.75, 3.05) is 0 Å². The smallest absolute Gasteiger partial charge is 0.208 e. The van der Waals surface area contributed by atoms with Gasteiger partial charge in [0.25, 0.3) is 0 Å². The lowest BCUT2D eigenvalue weighted by Crippen LogP contribution is -2.42. The second-order valence-corrected chi connectivity index (χ2v) is 7.30. The van der Waals surface area contributed by atoms with E-state index in [0.717, 1.165) is 18.4 Å². The number of rotatable bonds is 5. The Bertz CT molecular complexity index is 833. The number of hydrogen-bond acceptors (Lipinski definition) is 4. The first-order valence-electron chi connectivity index (χ1n) is 9.18. The number of carbonyl (C=O) groups is 1. The van der Waals surface area contributed by atoms with Gasteiger partial charge >= 0.3 is 0 Å². The van der Waals surface area contributed by atoms with Crippen LogP contribution in [-0.2, 0) is 20.9 Å². The van der Waals surface area contributed by atoms with E-state index in [9.17, 15) is 4.79 Å². The van der Waals surface area contributed by atoms with Crippen LogP contribution in [0.2, 0.25) is 5.02 Å². The number of para-hydroxylation sites is 1. The van der Waals surface area contributed by atoms with Gasteiger partial charge in [-0.25, -0.2) is 0 Å². The van der Waals surface area contributed by atoms with Crippen molar-refractivity contribution in [3.8, 4) is 5.75 Å². The summed E-state index contributed by atoms with van der Waals surface area (Å²) >= 11 is 6.11. The van der Waals surface area contributed by atoms with Crippen molar-refractivity contribution >= 4 is 17.4 Å². The number of ether oxygens (including phenoxy) is 3. The summed E-state index contributed by atoms with van der Waals surface area (Å²) in [6, 6.07) is 17.2. The molecule has 5 heteroatoms. The third-order valence-electron chi connectivity index (χ3n) is 5.06. The Morgan fingerprint density at radius 1 is 1.04 bits per heavy atom. The standard InChI is InChI=1S/C22H21ClO4/c23-18-8-4-5-9-19(18)27-21-14-26-20-12-16(10-11-17(20)22(21)24)25-13-15-6-2-1-3-7-15/h1-9,14,16-17,20H,10-13H2. The molecule has 1 fully saturated rings. The van der Waals surface area contributed by atoms with Gasteiger partial charge in [-0.2, -0.15) is 0 Å².